The summed E-state index contributed by atoms with van der Waals surface area (Å²) >= 11 is 0. The van der Waals surface area contributed by atoms with E-state index in [2.05, 4.69) is 15.3 Å². The largest absolute Gasteiger partial charge is 0.460 e. The van der Waals surface area contributed by atoms with Gasteiger partial charge in [-0.3, -0.25) is 4.79 Å². The summed E-state index contributed by atoms with van der Waals surface area (Å²) in [6.07, 6.45) is -5.14. The predicted octanol–water partition coefficient (Wildman–Crippen LogP) is 0.941. The Bertz CT molecular complexity index is 589. The topological polar surface area (TPSA) is 74.2 Å². The lowest BCUT2D eigenvalue weighted by Gasteiger charge is -2.30. The van der Waals surface area contributed by atoms with Crippen molar-refractivity contribution in [2.24, 2.45) is 5.16 Å². The number of amidine groups is 1. The van der Waals surface area contributed by atoms with Gasteiger partial charge in [0.25, 0.3) is 5.91 Å². The molecule has 120 valence electrons. The summed E-state index contributed by atoms with van der Waals surface area (Å²) in [5, 5.41) is 15.2. The van der Waals surface area contributed by atoms with Gasteiger partial charge in [-0.25, -0.2) is 0 Å². The van der Waals surface area contributed by atoms with Crippen LogP contribution in [0, 0.1) is 0 Å². The first kappa shape index (κ1) is 16.1. The number of hydrogen-bond donors (Lipinski definition) is 2. The van der Waals surface area contributed by atoms with Crippen LogP contribution in [0.15, 0.2) is 35.5 Å². The van der Waals surface area contributed by atoms with E-state index in [1.54, 1.807) is 18.2 Å². The van der Waals surface area contributed by atoms with Crippen molar-refractivity contribution in [2.75, 3.05) is 14.1 Å². The highest BCUT2D eigenvalue weighted by Gasteiger charge is 2.67. The minimum Gasteiger partial charge on any atom is -0.362 e. The molecule has 0 fully saturated rings. The molecular weight excluding hydrogens is 303 g/mol. The van der Waals surface area contributed by atoms with Crippen LogP contribution in [0.25, 0.3) is 0 Å². The zero-order chi connectivity index (χ0) is 16.5. The first-order valence-corrected chi connectivity index (χ1v) is 6.25. The van der Waals surface area contributed by atoms with Crippen LogP contribution < -0.4 is 5.32 Å². The van der Waals surface area contributed by atoms with Crippen molar-refractivity contribution in [1.29, 1.82) is 0 Å². The average Bonchev–Trinajstić information content (AvgIpc) is 2.78. The Balaban J connectivity index is 2.30. The molecule has 0 radical (unpaired) electrons. The molecule has 6 nitrogen and oxygen atoms in total. The predicted molar refractivity (Wildman–Crippen MR) is 70.9 cm³/mol. The van der Waals surface area contributed by atoms with Crippen LogP contribution in [0.5, 0.6) is 0 Å². The van der Waals surface area contributed by atoms with Gasteiger partial charge in [-0.1, -0.05) is 23.4 Å². The SMILES string of the molecule is CN(C)C1=NO[C@](O)(C(F)(F)F)[C@@H]1NC(=O)c1ccccc1. The standard InChI is InChI=1S/C13H14F3N3O3/c1-19(2)10-9(12(21,22-18-10)13(14,15)16)17-11(20)8-6-4-3-5-7-8/h3-7,9,21H,1-2H3,(H,17,20)/t9-,12+/m1/s1. The third-order valence-electron chi connectivity index (χ3n) is 3.10. The molecule has 1 aromatic rings. The highest BCUT2D eigenvalue weighted by Crippen LogP contribution is 2.38. The number of alkyl halides is 3. The molecule has 9 heteroatoms. The Morgan fingerprint density at radius 1 is 1.36 bits per heavy atom. The van der Waals surface area contributed by atoms with E-state index in [4.69, 9.17) is 0 Å². The Hall–Kier alpha value is -2.29. The van der Waals surface area contributed by atoms with Gasteiger partial charge in [-0.15, -0.1) is 0 Å². The lowest BCUT2D eigenvalue weighted by Crippen LogP contribution is -2.63. The maximum absolute atomic E-state index is 13.1. The number of aliphatic hydroxyl groups is 1. The molecule has 0 saturated heterocycles. The van der Waals surface area contributed by atoms with E-state index in [9.17, 15) is 23.1 Å². The minimum atomic E-state index is -5.14. The smallest absolute Gasteiger partial charge is 0.362 e. The van der Waals surface area contributed by atoms with Crippen LogP contribution in [-0.2, 0) is 4.84 Å². The van der Waals surface area contributed by atoms with Gasteiger partial charge in [-0.05, 0) is 12.1 Å². The summed E-state index contributed by atoms with van der Waals surface area (Å²) in [6.45, 7) is 0. The number of carbonyl (C=O) groups is 1. The fourth-order valence-electron chi connectivity index (χ4n) is 1.92. The van der Waals surface area contributed by atoms with Crippen molar-refractivity contribution in [1.82, 2.24) is 10.2 Å². The lowest BCUT2D eigenvalue weighted by atomic mass is 10.0. The number of amides is 1. The fourth-order valence-corrected chi connectivity index (χ4v) is 1.92. The van der Waals surface area contributed by atoms with Gasteiger partial charge in [0.15, 0.2) is 11.9 Å². The third-order valence-corrected chi connectivity index (χ3v) is 3.10. The zero-order valence-corrected chi connectivity index (χ0v) is 11.8. The first-order chi connectivity index (χ1) is 10.2. The normalized spacial score (nSPS) is 24.5. The molecule has 2 atom stereocenters. The number of hydrogen-bond acceptors (Lipinski definition) is 5. The number of likely N-dealkylation sites (N-methyl/N-ethyl adjacent to an activating group) is 1. The summed E-state index contributed by atoms with van der Waals surface area (Å²) in [6, 6.07) is 5.78. The van der Waals surface area contributed by atoms with Gasteiger partial charge in [0, 0.05) is 19.7 Å². The van der Waals surface area contributed by atoms with E-state index in [0.717, 1.165) is 0 Å². The van der Waals surface area contributed by atoms with Crippen LogP contribution >= 0.6 is 0 Å². The highest BCUT2D eigenvalue weighted by molar-refractivity contribution is 5.99. The van der Waals surface area contributed by atoms with Gasteiger partial charge in [0.2, 0.25) is 0 Å². The second-order valence-corrected chi connectivity index (χ2v) is 4.90. The Kier molecular flexibility index (Phi) is 4.01. The third kappa shape index (κ3) is 2.71. The van der Waals surface area contributed by atoms with Gasteiger partial charge >= 0.3 is 12.0 Å². The van der Waals surface area contributed by atoms with Crippen molar-refractivity contribution in [2.45, 2.75) is 18.0 Å². The van der Waals surface area contributed by atoms with E-state index in [0.29, 0.717) is 0 Å². The van der Waals surface area contributed by atoms with E-state index in [1.165, 1.54) is 31.1 Å². The molecule has 0 saturated carbocycles. The molecule has 1 aliphatic rings. The monoisotopic (exact) mass is 317 g/mol. The van der Waals surface area contributed by atoms with E-state index >= 15 is 0 Å². The molecule has 0 aliphatic carbocycles. The molecule has 1 amide bonds. The Morgan fingerprint density at radius 3 is 2.45 bits per heavy atom. The molecule has 2 rings (SSSR count). The number of oxime groups is 1. The van der Waals surface area contributed by atoms with Gasteiger partial charge in [0.05, 0.1) is 0 Å². The molecule has 1 aromatic carbocycles. The van der Waals surface area contributed by atoms with Crippen molar-refractivity contribution >= 4 is 11.7 Å². The van der Waals surface area contributed by atoms with Crippen molar-refractivity contribution in [3.8, 4) is 0 Å². The summed E-state index contributed by atoms with van der Waals surface area (Å²) in [5.41, 5.74) is 0.150. The molecule has 22 heavy (non-hydrogen) atoms. The summed E-state index contributed by atoms with van der Waals surface area (Å²) in [4.78, 5) is 17.5. The molecule has 1 heterocycles. The first-order valence-electron chi connectivity index (χ1n) is 6.25. The minimum absolute atomic E-state index is 0.150. The fraction of sp³-hybridized carbons (Fsp3) is 0.385. The molecule has 0 unspecified atom stereocenters. The number of carbonyl (C=O) groups excluding carboxylic acids is 1. The average molecular weight is 317 g/mol. The number of nitrogens with zero attached hydrogens (tertiary/aromatic N) is 2. The number of halogens is 3. The highest BCUT2D eigenvalue weighted by atomic mass is 19.4. The number of benzene rings is 1. The molecular formula is C13H14F3N3O3. The Morgan fingerprint density at radius 2 is 1.95 bits per heavy atom. The maximum Gasteiger partial charge on any atom is 0.460 e. The molecule has 0 spiro atoms. The maximum atomic E-state index is 13.1. The summed E-state index contributed by atoms with van der Waals surface area (Å²) < 4.78 is 39.2. The molecule has 0 aromatic heterocycles. The van der Waals surface area contributed by atoms with Crippen molar-refractivity contribution < 1.29 is 27.9 Å². The van der Waals surface area contributed by atoms with Crippen LogP contribution in [0.3, 0.4) is 0 Å². The summed E-state index contributed by atoms with van der Waals surface area (Å²) in [5.74, 6) is -4.64. The number of rotatable bonds is 2. The van der Waals surface area contributed by atoms with Crippen molar-refractivity contribution in [3.05, 3.63) is 35.9 Å². The quantitative estimate of drug-likeness (QED) is 0.851. The van der Waals surface area contributed by atoms with E-state index in [1.807, 2.05) is 0 Å². The molecule has 1 aliphatic heterocycles. The molecule has 2 N–H and O–H groups in total. The van der Waals surface area contributed by atoms with Crippen LogP contribution in [0.2, 0.25) is 0 Å². The second kappa shape index (κ2) is 5.48. The summed E-state index contributed by atoms with van der Waals surface area (Å²) in [7, 11) is 2.85. The van der Waals surface area contributed by atoms with Gasteiger partial charge < -0.3 is 20.2 Å². The zero-order valence-electron chi connectivity index (χ0n) is 11.8. The van der Waals surface area contributed by atoms with Gasteiger partial charge in [-0.2, -0.15) is 13.2 Å². The molecule has 0 bridgehead atoms. The van der Waals surface area contributed by atoms with E-state index < -0.39 is 23.9 Å². The van der Waals surface area contributed by atoms with Gasteiger partial charge in [0.1, 0.15) is 0 Å². The van der Waals surface area contributed by atoms with Crippen LogP contribution in [0.4, 0.5) is 13.2 Å². The number of nitrogens with one attached hydrogen (secondary N) is 1. The van der Waals surface area contributed by atoms with Crippen LogP contribution in [-0.4, -0.2) is 53.8 Å². The van der Waals surface area contributed by atoms with Crippen molar-refractivity contribution in [3.63, 3.8) is 0 Å². The lowest BCUT2D eigenvalue weighted by molar-refractivity contribution is -0.361. The second-order valence-electron chi connectivity index (χ2n) is 4.90. The van der Waals surface area contributed by atoms with E-state index in [-0.39, 0.29) is 11.4 Å². The Labute approximate surface area is 124 Å². The van der Waals surface area contributed by atoms with Crippen LogP contribution in [0.1, 0.15) is 10.4 Å².